The molecule has 1 unspecified atom stereocenters. The van der Waals surface area contributed by atoms with Crippen LogP contribution in [0.2, 0.25) is 0 Å². The molecule has 1 heterocycles. The first-order valence-corrected chi connectivity index (χ1v) is 4.63. The Balaban J connectivity index is 2.53. The van der Waals surface area contributed by atoms with Crippen LogP contribution in [-0.4, -0.2) is 11.6 Å². The normalized spacial score (nSPS) is 20.6. The second-order valence-electron chi connectivity index (χ2n) is 3.48. The van der Waals surface area contributed by atoms with Crippen molar-refractivity contribution >= 4 is 23.0 Å². The van der Waals surface area contributed by atoms with Crippen molar-refractivity contribution in [2.24, 2.45) is 10.9 Å². The molecule has 0 aliphatic carbocycles. The van der Waals surface area contributed by atoms with Gasteiger partial charge in [0, 0.05) is 5.71 Å². The molecule has 14 heavy (non-hydrogen) atoms. The zero-order chi connectivity index (χ0) is 10.1. The lowest BCUT2D eigenvalue weighted by Crippen LogP contribution is -2.23. The SMILES string of the molecule is CC1=Nc2ccccc2NC(=O)C1C. The van der Waals surface area contributed by atoms with Gasteiger partial charge in [-0.2, -0.15) is 0 Å². The second kappa shape index (κ2) is 3.25. The molecule has 1 amide bonds. The Morgan fingerprint density at radius 2 is 2.07 bits per heavy atom. The molecule has 0 bridgehead atoms. The molecular weight excluding hydrogens is 176 g/mol. The van der Waals surface area contributed by atoms with Crippen LogP contribution in [0, 0.1) is 5.92 Å². The zero-order valence-corrected chi connectivity index (χ0v) is 8.24. The monoisotopic (exact) mass is 188 g/mol. The highest BCUT2D eigenvalue weighted by Gasteiger charge is 2.20. The third-order valence-electron chi connectivity index (χ3n) is 2.48. The molecule has 0 saturated heterocycles. The lowest BCUT2D eigenvalue weighted by molar-refractivity contribution is -0.117. The van der Waals surface area contributed by atoms with Crippen LogP contribution in [0.15, 0.2) is 29.3 Å². The zero-order valence-electron chi connectivity index (χ0n) is 8.24. The molecule has 0 spiro atoms. The van der Waals surface area contributed by atoms with Gasteiger partial charge in [-0.3, -0.25) is 9.79 Å². The van der Waals surface area contributed by atoms with Gasteiger partial charge in [0.1, 0.15) is 0 Å². The maximum Gasteiger partial charge on any atom is 0.232 e. The Labute approximate surface area is 82.9 Å². The third kappa shape index (κ3) is 1.41. The summed E-state index contributed by atoms with van der Waals surface area (Å²) in [5, 5.41) is 2.85. The predicted molar refractivity (Wildman–Crippen MR) is 57.0 cm³/mol. The molecule has 3 heteroatoms. The summed E-state index contributed by atoms with van der Waals surface area (Å²) >= 11 is 0. The number of amides is 1. The van der Waals surface area contributed by atoms with Crippen molar-refractivity contribution in [1.29, 1.82) is 0 Å². The van der Waals surface area contributed by atoms with Crippen LogP contribution in [0.5, 0.6) is 0 Å². The highest BCUT2D eigenvalue weighted by atomic mass is 16.1. The summed E-state index contributed by atoms with van der Waals surface area (Å²) in [5.41, 5.74) is 2.48. The minimum absolute atomic E-state index is 0.0104. The van der Waals surface area contributed by atoms with Crippen LogP contribution in [0.4, 0.5) is 11.4 Å². The Bertz CT molecular complexity index is 410. The van der Waals surface area contributed by atoms with E-state index in [0.717, 1.165) is 17.1 Å². The smallest absolute Gasteiger partial charge is 0.232 e. The fourth-order valence-electron chi connectivity index (χ4n) is 1.39. The van der Waals surface area contributed by atoms with Crippen molar-refractivity contribution in [2.75, 3.05) is 5.32 Å². The van der Waals surface area contributed by atoms with Crippen LogP contribution in [0.25, 0.3) is 0 Å². The molecule has 1 aliphatic heterocycles. The van der Waals surface area contributed by atoms with Crippen molar-refractivity contribution < 1.29 is 4.79 Å². The first-order valence-electron chi connectivity index (χ1n) is 4.63. The molecule has 0 aromatic heterocycles. The van der Waals surface area contributed by atoms with Crippen molar-refractivity contribution in [3.05, 3.63) is 24.3 Å². The number of hydrogen-bond acceptors (Lipinski definition) is 2. The Morgan fingerprint density at radius 3 is 2.86 bits per heavy atom. The van der Waals surface area contributed by atoms with Gasteiger partial charge in [-0.25, -0.2) is 0 Å². The van der Waals surface area contributed by atoms with E-state index in [4.69, 9.17) is 0 Å². The van der Waals surface area contributed by atoms with Gasteiger partial charge in [-0.15, -0.1) is 0 Å². The number of para-hydroxylation sites is 2. The van der Waals surface area contributed by atoms with Crippen molar-refractivity contribution in [2.45, 2.75) is 13.8 Å². The van der Waals surface area contributed by atoms with E-state index in [1.54, 1.807) is 0 Å². The van der Waals surface area contributed by atoms with E-state index in [1.165, 1.54) is 0 Å². The molecule has 1 aliphatic rings. The number of hydrogen-bond donors (Lipinski definition) is 1. The van der Waals surface area contributed by atoms with Gasteiger partial charge >= 0.3 is 0 Å². The lowest BCUT2D eigenvalue weighted by Gasteiger charge is -2.06. The summed E-state index contributed by atoms with van der Waals surface area (Å²) in [6, 6.07) is 7.57. The highest BCUT2D eigenvalue weighted by molar-refractivity contribution is 6.11. The van der Waals surface area contributed by atoms with Gasteiger partial charge in [0.25, 0.3) is 0 Å². The van der Waals surface area contributed by atoms with Crippen molar-refractivity contribution in [1.82, 2.24) is 0 Å². The molecule has 2 rings (SSSR count). The minimum Gasteiger partial charge on any atom is -0.324 e. The summed E-state index contributed by atoms with van der Waals surface area (Å²) in [6.45, 7) is 3.74. The average Bonchev–Trinajstić information content (AvgIpc) is 2.28. The van der Waals surface area contributed by atoms with Gasteiger partial charge < -0.3 is 5.32 Å². The second-order valence-corrected chi connectivity index (χ2v) is 3.48. The fraction of sp³-hybridized carbons (Fsp3) is 0.273. The van der Waals surface area contributed by atoms with Gasteiger partial charge in [0.2, 0.25) is 5.91 Å². The van der Waals surface area contributed by atoms with Crippen LogP contribution >= 0.6 is 0 Å². The summed E-state index contributed by atoms with van der Waals surface area (Å²) in [7, 11) is 0. The van der Waals surface area contributed by atoms with E-state index in [2.05, 4.69) is 10.3 Å². The molecule has 3 nitrogen and oxygen atoms in total. The first kappa shape index (κ1) is 8.94. The molecule has 0 saturated carbocycles. The number of nitrogens with one attached hydrogen (secondary N) is 1. The maximum atomic E-state index is 11.6. The highest BCUT2D eigenvalue weighted by Crippen LogP contribution is 2.28. The van der Waals surface area contributed by atoms with E-state index < -0.39 is 0 Å². The fourth-order valence-corrected chi connectivity index (χ4v) is 1.39. The molecule has 1 atom stereocenters. The molecule has 72 valence electrons. The van der Waals surface area contributed by atoms with Gasteiger partial charge in [-0.05, 0) is 26.0 Å². The van der Waals surface area contributed by atoms with Gasteiger partial charge in [0.15, 0.2) is 0 Å². The van der Waals surface area contributed by atoms with E-state index >= 15 is 0 Å². The largest absolute Gasteiger partial charge is 0.324 e. The maximum absolute atomic E-state index is 11.6. The Morgan fingerprint density at radius 1 is 1.36 bits per heavy atom. The Hall–Kier alpha value is -1.64. The number of carbonyl (C=O) groups is 1. The van der Waals surface area contributed by atoms with E-state index in [1.807, 2.05) is 38.1 Å². The predicted octanol–water partition coefficient (Wildman–Crippen LogP) is 2.37. The number of nitrogens with zero attached hydrogens (tertiary/aromatic N) is 1. The quantitative estimate of drug-likeness (QED) is 0.667. The summed E-state index contributed by atoms with van der Waals surface area (Å²) in [5.74, 6) is -0.140. The van der Waals surface area contributed by atoms with E-state index in [9.17, 15) is 4.79 Å². The molecular formula is C11H12N2O. The topological polar surface area (TPSA) is 41.5 Å². The molecule has 1 N–H and O–H groups in total. The van der Waals surface area contributed by atoms with Crippen LogP contribution in [0.1, 0.15) is 13.8 Å². The van der Waals surface area contributed by atoms with E-state index in [-0.39, 0.29) is 11.8 Å². The molecule has 1 aromatic carbocycles. The number of benzene rings is 1. The molecule has 1 aromatic rings. The Kier molecular flexibility index (Phi) is 2.08. The van der Waals surface area contributed by atoms with Crippen LogP contribution in [-0.2, 0) is 4.79 Å². The van der Waals surface area contributed by atoms with Gasteiger partial charge in [0.05, 0.1) is 17.3 Å². The van der Waals surface area contributed by atoms with Crippen LogP contribution in [0.3, 0.4) is 0 Å². The first-order chi connectivity index (χ1) is 6.68. The standard InChI is InChI=1S/C11H12N2O/c1-7-8(2)12-9-5-3-4-6-10(9)13-11(7)14/h3-7H,1-2H3,(H,13,14). The van der Waals surface area contributed by atoms with E-state index in [0.29, 0.717) is 0 Å². The number of rotatable bonds is 0. The molecule has 0 fully saturated rings. The number of carbonyl (C=O) groups excluding carboxylic acids is 1. The summed E-state index contributed by atoms with van der Waals surface area (Å²) in [4.78, 5) is 16.0. The van der Waals surface area contributed by atoms with Crippen LogP contribution < -0.4 is 5.32 Å². The number of fused-ring (bicyclic) bond motifs is 1. The summed E-state index contributed by atoms with van der Waals surface area (Å²) in [6.07, 6.45) is 0. The minimum atomic E-state index is -0.151. The van der Waals surface area contributed by atoms with Crippen molar-refractivity contribution in [3.8, 4) is 0 Å². The molecule has 0 radical (unpaired) electrons. The number of anilines is 1. The third-order valence-corrected chi connectivity index (χ3v) is 2.48. The number of aliphatic imine (C=N–C) groups is 1. The van der Waals surface area contributed by atoms with Crippen molar-refractivity contribution in [3.63, 3.8) is 0 Å². The van der Waals surface area contributed by atoms with Gasteiger partial charge in [-0.1, -0.05) is 12.1 Å². The summed E-state index contributed by atoms with van der Waals surface area (Å²) < 4.78 is 0. The average molecular weight is 188 g/mol. The lowest BCUT2D eigenvalue weighted by atomic mass is 10.1.